The van der Waals surface area contributed by atoms with Crippen LogP contribution in [0.15, 0.2) is 24.4 Å². The second-order valence-electron chi connectivity index (χ2n) is 4.28. The third-order valence-electron chi connectivity index (χ3n) is 3.21. The van der Waals surface area contributed by atoms with E-state index in [0.29, 0.717) is 6.42 Å². The number of carboxylic acid groups (broad SMARTS) is 1. The predicted octanol–water partition coefficient (Wildman–Crippen LogP) is 2.06. The SMILES string of the molecule is CCOC(=O)C(CC)(CCc1ccccn1)C(=O)O. The Morgan fingerprint density at radius 2 is 2.11 bits per heavy atom. The number of hydrogen-bond acceptors (Lipinski definition) is 4. The van der Waals surface area contributed by atoms with Gasteiger partial charge >= 0.3 is 11.9 Å². The van der Waals surface area contributed by atoms with Crippen molar-refractivity contribution in [2.75, 3.05) is 6.61 Å². The number of aryl methyl sites for hydroxylation is 1. The maximum Gasteiger partial charge on any atom is 0.323 e. The Bertz CT molecular complexity index is 432. The van der Waals surface area contributed by atoms with Crippen LogP contribution >= 0.6 is 0 Å². The van der Waals surface area contributed by atoms with Crippen molar-refractivity contribution in [3.63, 3.8) is 0 Å². The Balaban J connectivity index is 2.86. The van der Waals surface area contributed by atoms with Crippen LogP contribution in [0.1, 0.15) is 32.4 Å². The lowest BCUT2D eigenvalue weighted by Crippen LogP contribution is -2.40. The van der Waals surface area contributed by atoms with Gasteiger partial charge in [-0.15, -0.1) is 0 Å². The average Bonchev–Trinajstić information content (AvgIpc) is 2.41. The van der Waals surface area contributed by atoms with Gasteiger partial charge in [0.1, 0.15) is 0 Å². The molecule has 0 amide bonds. The minimum Gasteiger partial charge on any atom is -0.480 e. The minimum absolute atomic E-state index is 0.178. The van der Waals surface area contributed by atoms with Gasteiger partial charge in [-0.1, -0.05) is 13.0 Å². The highest BCUT2D eigenvalue weighted by atomic mass is 16.5. The van der Waals surface area contributed by atoms with E-state index < -0.39 is 17.4 Å². The van der Waals surface area contributed by atoms with Crippen LogP contribution in [-0.2, 0) is 20.7 Å². The molecular formula is C14H19NO4. The Morgan fingerprint density at radius 3 is 2.58 bits per heavy atom. The molecule has 104 valence electrons. The number of carboxylic acids is 1. The topological polar surface area (TPSA) is 76.5 Å². The molecule has 0 aliphatic rings. The van der Waals surface area contributed by atoms with Crippen molar-refractivity contribution in [3.05, 3.63) is 30.1 Å². The molecule has 0 spiro atoms. The number of ether oxygens (including phenoxy) is 1. The Hall–Kier alpha value is -1.91. The number of aromatic nitrogens is 1. The monoisotopic (exact) mass is 265 g/mol. The van der Waals surface area contributed by atoms with Crippen LogP contribution in [0, 0.1) is 5.41 Å². The van der Waals surface area contributed by atoms with Gasteiger partial charge in [0, 0.05) is 11.9 Å². The molecule has 0 aliphatic heterocycles. The molecule has 1 aromatic heterocycles. The molecule has 0 radical (unpaired) electrons. The zero-order chi connectivity index (χ0) is 14.3. The highest BCUT2D eigenvalue weighted by Gasteiger charge is 2.45. The molecule has 1 unspecified atom stereocenters. The minimum atomic E-state index is -1.48. The van der Waals surface area contributed by atoms with E-state index >= 15 is 0 Å². The van der Waals surface area contributed by atoms with Crippen LogP contribution in [0.3, 0.4) is 0 Å². The van der Waals surface area contributed by atoms with E-state index in [9.17, 15) is 14.7 Å². The molecule has 0 aromatic carbocycles. The molecule has 1 heterocycles. The maximum atomic E-state index is 11.9. The quantitative estimate of drug-likeness (QED) is 0.603. The molecule has 1 N–H and O–H groups in total. The van der Waals surface area contributed by atoms with E-state index in [1.165, 1.54) is 0 Å². The summed E-state index contributed by atoms with van der Waals surface area (Å²) in [6, 6.07) is 5.44. The fourth-order valence-corrected chi connectivity index (χ4v) is 1.93. The summed E-state index contributed by atoms with van der Waals surface area (Å²) in [6.07, 6.45) is 2.47. The summed E-state index contributed by atoms with van der Waals surface area (Å²) in [4.78, 5) is 27.5. The number of aliphatic carboxylic acids is 1. The van der Waals surface area contributed by atoms with Gasteiger partial charge in [-0.25, -0.2) is 0 Å². The zero-order valence-electron chi connectivity index (χ0n) is 11.3. The van der Waals surface area contributed by atoms with Crippen molar-refractivity contribution in [1.29, 1.82) is 0 Å². The Morgan fingerprint density at radius 1 is 1.37 bits per heavy atom. The smallest absolute Gasteiger partial charge is 0.323 e. The molecule has 0 aliphatic carbocycles. The highest BCUT2D eigenvalue weighted by molar-refractivity contribution is 5.99. The summed E-state index contributed by atoms with van der Waals surface area (Å²) in [5, 5.41) is 9.38. The van der Waals surface area contributed by atoms with Gasteiger partial charge in [-0.2, -0.15) is 0 Å². The van der Waals surface area contributed by atoms with Gasteiger partial charge in [-0.05, 0) is 38.3 Å². The summed E-state index contributed by atoms with van der Waals surface area (Å²) in [5.41, 5.74) is -0.709. The second-order valence-corrected chi connectivity index (χ2v) is 4.28. The van der Waals surface area contributed by atoms with E-state index in [4.69, 9.17) is 4.74 Å². The molecule has 1 rings (SSSR count). The summed E-state index contributed by atoms with van der Waals surface area (Å²) in [6.45, 7) is 3.53. The first kappa shape index (κ1) is 15.1. The first-order valence-electron chi connectivity index (χ1n) is 6.37. The molecule has 5 nitrogen and oxygen atoms in total. The highest BCUT2D eigenvalue weighted by Crippen LogP contribution is 2.30. The van der Waals surface area contributed by atoms with E-state index in [-0.39, 0.29) is 19.4 Å². The molecule has 0 fully saturated rings. The lowest BCUT2D eigenvalue weighted by Gasteiger charge is -2.25. The van der Waals surface area contributed by atoms with Crippen molar-refractivity contribution in [3.8, 4) is 0 Å². The molecule has 0 bridgehead atoms. The number of carbonyl (C=O) groups excluding carboxylic acids is 1. The van der Waals surface area contributed by atoms with Gasteiger partial charge < -0.3 is 9.84 Å². The number of rotatable bonds is 7. The third-order valence-corrected chi connectivity index (χ3v) is 3.21. The molecule has 1 atom stereocenters. The zero-order valence-corrected chi connectivity index (χ0v) is 11.3. The van der Waals surface area contributed by atoms with Gasteiger partial charge in [0.2, 0.25) is 0 Å². The van der Waals surface area contributed by atoms with Crippen molar-refractivity contribution in [2.45, 2.75) is 33.1 Å². The van der Waals surface area contributed by atoms with Crippen molar-refractivity contribution in [2.24, 2.45) is 5.41 Å². The van der Waals surface area contributed by atoms with Gasteiger partial charge in [-0.3, -0.25) is 14.6 Å². The molecule has 5 heteroatoms. The van der Waals surface area contributed by atoms with Crippen LogP contribution in [0.5, 0.6) is 0 Å². The summed E-state index contributed by atoms with van der Waals surface area (Å²) < 4.78 is 4.91. The van der Waals surface area contributed by atoms with Crippen molar-refractivity contribution < 1.29 is 19.4 Å². The number of pyridine rings is 1. The number of carbonyl (C=O) groups is 2. The summed E-state index contributed by atoms with van der Waals surface area (Å²) in [7, 11) is 0. The maximum absolute atomic E-state index is 11.9. The lowest BCUT2D eigenvalue weighted by atomic mass is 9.80. The van der Waals surface area contributed by atoms with E-state index in [0.717, 1.165) is 5.69 Å². The van der Waals surface area contributed by atoms with E-state index in [1.54, 1.807) is 26.1 Å². The molecule has 0 saturated heterocycles. The number of esters is 1. The standard InChI is InChI=1S/C14H19NO4/c1-3-14(12(16)17,13(18)19-4-2)9-8-11-7-5-6-10-15-11/h5-7,10H,3-4,8-9H2,1-2H3,(H,16,17). The Labute approximate surface area is 112 Å². The first-order chi connectivity index (χ1) is 9.06. The second kappa shape index (κ2) is 6.87. The molecular weight excluding hydrogens is 246 g/mol. The van der Waals surface area contributed by atoms with Crippen LogP contribution in [0.25, 0.3) is 0 Å². The molecule has 0 saturated carbocycles. The number of nitrogens with zero attached hydrogens (tertiary/aromatic N) is 1. The summed E-state index contributed by atoms with van der Waals surface area (Å²) in [5.74, 6) is -1.80. The van der Waals surface area contributed by atoms with Crippen LogP contribution in [0.2, 0.25) is 0 Å². The van der Waals surface area contributed by atoms with E-state index in [2.05, 4.69) is 4.98 Å². The average molecular weight is 265 g/mol. The first-order valence-corrected chi connectivity index (χ1v) is 6.37. The fourth-order valence-electron chi connectivity index (χ4n) is 1.93. The predicted molar refractivity (Wildman–Crippen MR) is 69.6 cm³/mol. The van der Waals surface area contributed by atoms with Crippen molar-refractivity contribution in [1.82, 2.24) is 4.98 Å². The van der Waals surface area contributed by atoms with Crippen molar-refractivity contribution >= 4 is 11.9 Å². The lowest BCUT2D eigenvalue weighted by molar-refractivity contribution is -0.169. The number of hydrogen-bond donors (Lipinski definition) is 1. The normalized spacial score (nSPS) is 13.6. The molecule has 19 heavy (non-hydrogen) atoms. The third kappa shape index (κ3) is 3.53. The van der Waals surface area contributed by atoms with Gasteiger partial charge in [0.05, 0.1) is 6.61 Å². The fraction of sp³-hybridized carbons (Fsp3) is 0.500. The molecule has 1 aromatic rings. The van der Waals surface area contributed by atoms with Crippen LogP contribution in [0.4, 0.5) is 0 Å². The van der Waals surface area contributed by atoms with Gasteiger partial charge in [0.15, 0.2) is 5.41 Å². The van der Waals surface area contributed by atoms with Crippen LogP contribution < -0.4 is 0 Å². The van der Waals surface area contributed by atoms with Gasteiger partial charge in [0.25, 0.3) is 0 Å². The van der Waals surface area contributed by atoms with Crippen LogP contribution in [-0.4, -0.2) is 28.6 Å². The Kier molecular flexibility index (Phi) is 5.48. The largest absolute Gasteiger partial charge is 0.480 e. The van der Waals surface area contributed by atoms with E-state index in [1.807, 2.05) is 12.1 Å². The summed E-state index contributed by atoms with van der Waals surface area (Å²) >= 11 is 0.